The third-order valence-corrected chi connectivity index (χ3v) is 2.02. The van der Waals surface area contributed by atoms with Crippen LogP contribution < -0.4 is 14.2 Å². The van der Waals surface area contributed by atoms with E-state index in [1.54, 1.807) is 0 Å². The number of ether oxygens (including phenoxy) is 3. The number of alkyl halides is 4. The maximum atomic E-state index is 12.9. The molecule has 1 aliphatic heterocycles. The zero-order valence-electron chi connectivity index (χ0n) is 8.25. The normalized spacial score (nSPS) is 19.2. The van der Waals surface area contributed by atoms with Gasteiger partial charge in [-0.05, 0) is 12.1 Å². The van der Waals surface area contributed by atoms with Gasteiger partial charge in [0.2, 0.25) is 5.75 Å². The van der Waals surface area contributed by atoms with Crippen molar-refractivity contribution >= 4 is 17.0 Å². The average Bonchev–Trinajstić information content (AvgIpc) is 2.19. The predicted molar refractivity (Wildman–Crippen MR) is 49.5 cm³/mol. The minimum Gasteiger partial charge on any atom is -0.421 e. The summed E-state index contributed by atoms with van der Waals surface area (Å²) in [6.07, 6.45) is -9.72. The van der Waals surface area contributed by atoms with Crippen molar-refractivity contribution in [3.05, 3.63) is 18.2 Å². The van der Waals surface area contributed by atoms with Crippen molar-refractivity contribution in [3.8, 4) is 17.2 Å². The van der Waals surface area contributed by atoms with Gasteiger partial charge in [0, 0.05) is 11.6 Å². The zero-order valence-corrected chi connectivity index (χ0v) is 9.01. The monoisotopic (exact) mass is 286 g/mol. The number of halogens is 5. The number of hydrogen-bond acceptors (Lipinski definition) is 4. The van der Waals surface area contributed by atoms with Gasteiger partial charge in [-0.25, -0.2) is 4.79 Å². The first-order chi connectivity index (χ1) is 8.23. The van der Waals surface area contributed by atoms with Gasteiger partial charge in [0.1, 0.15) is 0 Å². The quantitative estimate of drug-likeness (QED) is 0.586. The van der Waals surface area contributed by atoms with Gasteiger partial charge in [0.25, 0.3) is 0 Å². The summed E-state index contributed by atoms with van der Waals surface area (Å²) in [5.41, 5.74) is -1.34. The van der Waals surface area contributed by atoms with Crippen molar-refractivity contribution in [3.63, 3.8) is 0 Å². The van der Waals surface area contributed by atoms with Gasteiger partial charge in [0.15, 0.2) is 11.5 Å². The molecule has 4 nitrogen and oxygen atoms in total. The van der Waals surface area contributed by atoms with Crippen LogP contribution in [0.5, 0.6) is 17.2 Å². The lowest BCUT2D eigenvalue weighted by Crippen LogP contribution is -2.52. The fraction of sp³-hybridized carbons (Fsp3) is 0.222. The highest BCUT2D eigenvalue weighted by molar-refractivity contribution is 6.61. The summed E-state index contributed by atoms with van der Waals surface area (Å²) in [4.78, 5) is 10.5. The van der Waals surface area contributed by atoms with Crippen molar-refractivity contribution in [2.24, 2.45) is 0 Å². The van der Waals surface area contributed by atoms with Crippen LogP contribution in [0.15, 0.2) is 18.2 Å². The van der Waals surface area contributed by atoms with Crippen LogP contribution in [0.2, 0.25) is 0 Å². The minimum absolute atomic E-state index is 0.553. The first-order valence-electron chi connectivity index (χ1n) is 4.37. The minimum atomic E-state index is -4.89. The lowest BCUT2D eigenvalue weighted by Gasteiger charge is -2.32. The first kappa shape index (κ1) is 12.7. The standard InChI is InChI=1S/C9H3ClF4O4/c10-7(15)16-4-2-1-3-5-6(4)18-9(13,14)8(11,12)17-5/h1-3H. The number of para-hydroxylation sites is 1. The molecule has 0 saturated heterocycles. The molecule has 0 unspecified atom stereocenters. The summed E-state index contributed by atoms with van der Waals surface area (Å²) in [7, 11) is 0. The summed E-state index contributed by atoms with van der Waals surface area (Å²) in [5, 5.41) is 0. The highest BCUT2D eigenvalue weighted by Crippen LogP contribution is 2.50. The second-order valence-corrected chi connectivity index (χ2v) is 3.47. The van der Waals surface area contributed by atoms with E-state index in [1.807, 2.05) is 0 Å². The highest BCUT2D eigenvalue weighted by atomic mass is 35.5. The molecule has 18 heavy (non-hydrogen) atoms. The van der Waals surface area contributed by atoms with Crippen LogP contribution in [0.1, 0.15) is 0 Å². The van der Waals surface area contributed by atoms with Crippen LogP contribution >= 0.6 is 11.6 Å². The Morgan fingerprint density at radius 1 is 1.17 bits per heavy atom. The molecule has 1 heterocycles. The maximum Gasteiger partial charge on any atom is 0.507 e. The molecule has 1 aromatic carbocycles. The molecule has 0 spiro atoms. The van der Waals surface area contributed by atoms with Crippen LogP contribution in [0.4, 0.5) is 22.4 Å². The van der Waals surface area contributed by atoms with E-state index in [0.717, 1.165) is 18.2 Å². The van der Waals surface area contributed by atoms with Crippen LogP contribution in [-0.4, -0.2) is 17.6 Å². The third kappa shape index (κ3) is 2.03. The van der Waals surface area contributed by atoms with Crippen molar-refractivity contribution < 1.29 is 36.6 Å². The Balaban J connectivity index is 2.46. The van der Waals surface area contributed by atoms with Gasteiger partial charge < -0.3 is 14.2 Å². The molecule has 0 bridgehead atoms. The van der Waals surface area contributed by atoms with E-state index >= 15 is 0 Å². The number of carbonyl (C=O) groups is 1. The Bertz CT molecular complexity index is 505. The molecule has 0 amide bonds. The summed E-state index contributed by atoms with van der Waals surface area (Å²) in [6.45, 7) is 0. The molecule has 0 N–H and O–H groups in total. The summed E-state index contributed by atoms with van der Waals surface area (Å²) in [5.74, 6) is -2.08. The third-order valence-electron chi connectivity index (χ3n) is 1.94. The molecule has 1 aromatic rings. The van der Waals surface area contributed by atoms with Gasteiger partial charge in [0.05, 0.1) is 0 Å². The molecular weight excluding hydrogens is 284 g/mol. The number of carbonyl (C=O) groups excluding carboxylic acids is 1. The fourth-order valence-electron chi connectivity index (χ4n) is 1.23. The number of hydrogen-bond donors (Lipinski definition) is 0. The summed E-state index contributed by atoms with van der Waals surface area (Å²) >= 11 is 4.89. The lowest BCUT2D eigenvalue weighted by atomic mass is 10.2. The smallest absolute Gasteiger partial charge is 0.421 e. The van der Waals surface area contributed by atoms with Crippen LogP contribution in [0, 0.1) is 0 Å². The molecule has 0 fully saturated rings. The number of fused-ring (bicyclic) bond motifs is 1. The first-order valence-corrected chi connectivity index (χ1v) is 4.75. The molecule has 0 radical (unpaired) electrons. The van der Waals surface area contributed by atoms with Crippen molar-refractivity contribution in [2.75, 3.05) is 0 Å². The van der Waals surface area contributed by atoms with Crippen LogP contribution in [0.3, 0.4) is 0 Å². The molecule has 2 rings (SSSR count). The van der Waals surface area contributed by atoms with E-state index in [0.29, 0.717) is 0 Å². The van der Waals surface area contributed by atoms with Gasteiger partial charge in [-0.3, -0.25) is 0 Å². The summed E-state index contributed by atoms with van der Waals surface area (Å²) in [6, 6.07) is 3.11. The molecule has 0 saturated carbocycles. The number of rotatable bonds is 1. The van der Waals surface area contributed by atoms with Crippen LogP contribution in [0.25, 0.3) is 0 Å². The molecule has 0 atom stereocenters. The van der Waals surface area contributed by atoms with Crippen molar-refractivity contribution in [1.29, 1.82) is 0 Å². The van der Waals surface area contributed by atoms with E-state index in [4.69, 9.17) is 11.6 Å². The SMILES string of the molecule is O=C(Cl)Oc1cccc2c1OC(F)(F)C(F)(F)O2. The van der Waals surface area contributed by atoms with Gasteiger partial charge >= 0.3 is 17.6 Å². The lowest BCUT2D eigenvalue weighted by molar-refractivity contribution is -0.391. The molecular formula is C9H3ClF4O4. The number of benzene rings is 1. The van der Waals surface area contributed by atoms with E-state index in [1.165, 1.54) is 0 Å². The van der Waals surface area contributed by atoms with E-state index in [-0.39, 0.29) is 0 Å². The topological polar surface area (TPSA) is 44.8 Å². The van der Waals surface area contributed by atoms with Crippen molar-refractivity contribution in [2.45, 2.75) is 12.2 Å². The van der Waals surface area contributed by atoms with E-state index in [2.05, 4.69) is 14.2 Å². The Labute approximate surface area is 102 Å². The Morgan fingerprint density at radius 2 is 1.78 bits per heavy atom. The molecule has 0 aromatic heterocycles. The average molecular weight is 287 g/mol. The van der Waals surface area contributed by atoms with Crippen molar-refractivity contribution in [1.82, 2.24) is 0 Å². The zero-order chi connectivity index (χ0) is 13.6. The molecule has 0 aliphatic carbocycles. The van der Waals surface area contributed by atoms with Gasteiger partial charge in [-0.2, -0.15) is 17.6 Å². The van der Waals surface area contributed by atoms with E-state index in [9.17, 15) is 22.4 Å². The second kappa shape index (κ2) is 3.91. The summed E-state index contributed by atoms with van der Waals surface area (Å²) < 4.78 is 63.4. The maximum absolute atomic E-state index is 12.9. The Morgan fingerprint density at radius 3 is 2.39 bits per heavy atom. The fourth-order valence-corrected chi connectivity index (χ4v) is 1.31. The molecule has 1 aliphatic rings. The molecule has 9 heteroatoms. The second-order valence-electron chi connectivity index (χ2n) is 3.16. The van der Waals surface area contributed by atoms with Gasteiger partial charge in [-0.15, -0.1) is 0 Å². The predicted octanol–water partition coefficient (Wildman–Crippen LogP) is 3.38. The van der Waals surface area contributed by atoms with Crippen LogP contribution in [-0.2, 0) is 0 Å². The largest absolute Gasteiger partial charge is 0.507 e. The highest BCUT2D eigenvalue weighted by Gasteiger charge is 2.66. The van der Waals surface area contributed by atoms with E-state index < -0.39 is 34.9 Å². The Hall–Kier alpha value is -1.70. The molecule has 98 valence electrons. The Kier molecular flexibility index (Phi) is 2.77. The van der Waals surface area contributed by atoms with Gasteiger partial charge in [-0.1, -0.05) is 6.07 Å².